The minimum Gasteiger partial charge on any atom is -0.478 e. The summed E-state index contributed by atoms with van der Waals surface area (Å²) in [5.74, 6) is -0.293. The molecule has 3 heteroatoms. The van der Waals surface area contributed by atoms with Crippen molar-refractivity contribution in [3.63, 3.8) is 0 Å². The first-order chi connectivity index (χ1) is 9.63. The third-order valence-electron chi connectivity index (χ3n) is 4.49. The lowest BCUT2D eigenvalue weighted by Gasteiger charge is -2.10. The molecule has 3 rings (SSSR count). The molecule has 0 bridgehead atoms. The minimum absolute atomic E-state index is 0.340. The number of rotatable bonds is 3. The lowest BCUT2D eigenvalue weighted by Crippen LogP contribution is -1.97. The summed E-state index contributed by atoms with van der Waals surface area (Å²) in [5.41, 5.74) is 3.81. The maximum Gasteiger partial charge on any atom is 0.335 e. The number of fused-ring (bicyclic) bond motifs is 1. The molecule has 1 saturated carbocycles. The Morgan fingerprint density at radius 3 is 2.70 bits per heavy atom. The fraction of sp³-hybridized carbons (Fsp3) is 0.353. The monoisotopic (exact) mass is 269 g/mol. The van der Waals surface area contributed by atoms with Gasteiger partial charge in [-0.1, -0.05) is 25.5 Å². The first-order valence-corrected chi connectivity index (χ1v) is 7.11. The van der Waals surface area contributed by atoms with E-state index in [1.807, 2.05) is 19.2 Å². The summed E-state index contributed by atoms with van der Waals surface area (Å²) in [6.07, 6.45) is 6.91. The lowest BCUT2D eigenvalue weighted by molar-refractivity contribution is 0.0697. The summed E-state index contributed by atoms with van der Waals surface area (Å²) in [5, 5.41) is 10.3. The van der Waals surface area contributed by atoms with Crippen molar-refractivity contribution in [2.24, 2.45) is 7.05 Å². The number of hydrogen-bond donors (Lipinski definition) is 1. The SMILES string of the molecule is C=Cc1c(C2CCCC2)c2ccc(C(=O)O)cc2n1C. The van der Waals surface area contributed by atoms with E-state index in [1.165, 1.54) is 36.6 Å². The number of aromatic carboxylic acids is 1. The molecule has 1 aliphatic carbocycles. The molecule has 0 aliphatic heterocycles. The molecular formula is C17H19NO2. The van der Waals surface area contributed by atoms with Crippen molar-refractivity contribution in [3.8, 4) is 0 Å². The summed E-state index contributed by atoms with van der Waals surface area (Å²) in [4.78, 5) is 11.1. The van der Waals surface area contributed by atoms with Crippen molar-refractivity contribution in [1.29, 1.82) is 0 Å². The van der Waals surface area contributed by atoms with Gasteiger partial charge in [0.1, 0.15) is 0 Å². The van der Waals surface area contributed by atoms with Crippen molar-refractivity contribution in [2.45, 2.75) is 31.6 Å². The number of carboxylic acids is 1. The molecule has 2 aromatic rings. The molecule has 1 heterocycles. The van der Waals surface area contributed by atoms with Crippen LogP contribution in [-0.4, -0.2) is 15.6 Å². The Bertz CT molecular complexity index is 691. The molecule has 0 saturated heterocycles. The maximum atomic E-state index is 11.1. The van der Waals surface area contributed by atoms with Gasteiger partial charge < -0.3 is 9.67 Å². The van der Waals surface area contributed by atoms with Crippen molar-refractivity contribution in [1.82, 2.24) is 4.57 Å². The van der Waals surface area contributed by atoms with E-state index in [9.17, 15) is 4.79 Å². The second-order valence-corrected chi connectivity index (χ2v) is 5.58. The van der Waals surface area contributed by atoms with Crippen molar-refractivity contribution < 1.29 is 9.90 Å². The molecule has 104 valence electrons. The zero-order chi connectivity index (χ0) is 14.3. The van der Waals surface area contributed by atoms with E-state index in [4.69, 9.17) is 5.11 Å². The van der Waals surface area contributed by atoms with E-state index >= 15 is 0 Å². The van der Waals surface area contributed by atoms with Crippen LogP contribution in [0.5, 0.6) is 0 Å². The first kappa shape index (κ1) is 13.0. The average molecular weight is 269 g/mol. The summed E-state index contributed by atoms with van der Waals surface area (Å²) in [6, 6.07) is 5.43. The van der Waals surface area contributed by atoms with Crippen LogP contribution in [0.1, 0.15) is 53.2 Å². The van der Waals surface area contributed by atoms with E-state index in [0.29, 0.717) is 11.5 Å². The summed E-state index contributed by atoms with van der Waals surface area (Å²) < 4.78 is 2.07. The van der Waals surface area contributed by atoms with E-state index in [-0.39, 0.29) is 0 Å². The van der Waals surface area contributed by atoms with Gasteiger partial charge in [0.15, 0.2) is 0 Å². The Labute approximate surface area is 118 Å². The van der Waals surface area contributed by atoms with Crippen LogP contribution < -0.4 is 0 Å². The van der Waals surface area contributed by atoms with Crippen molar-refractivity contribution in [3.05, 3.63) is 41.6 Å². The topological polar surface area (TPSA) is 42.2 Å². The van der Waals surface area contributed by atoms with Crippen molar-refractivity contribution in [2.75, 3.05) is 0 Å². The van der Waals surface area contributed by atoms with Crippen LogP contribution in [0.15, 0.2) is 24.8 Å². The molecule has 0 atom stereocenters. The molecule has 1 aliphatic rings. The number of nitrogens with zero attached hydrogens (tertiary/aromatic N) is 1. The molecule has 0 radical (unpaired) electrons. The predicted octanol–water partition coefficient (Wildman–Crippen LogP) is 4.18. The number of benzene rings is 1. The molecule has 1 fully saturated rings. The quantitative estimate of drug-likeness (QED) is 0.908. The highest BCUT2D eigenvalue weighted by Gasteiger charge is 2.24. The molecule has 1 aromatic heterocycles. The summed E-state index contributed by atoms with van der Waals surface area (Å²) in [7, 11) is 1.99. The molecule has 0 spiro atoms. The zero-order valence-electron chi connectivity index (χ0n) is 11.7. The van der Waals surface area contributed by atoms with Gasteiger partial charge in [0.2, 0.25) is 0 Å². The van der Waals surface area contributed by atoms with Gasteiger partial charge in [0.05, 0.1) is 5.56 Å². The van der Waals surface area contributed by atoms with Gasteiger partial charge in [-0.05, 0) is 42.5 Å². The van der Waals surface area contributed by atoms with Crippen LogP contribution in [-0.2, 0) is 7.05 Å². The van der Waals surface area contributed by atoms with Crippen LogP contribution in [0.3, 0.4) is 0 Å². The van der Waals surface area contributed by atoms with Gasteiger partial charge >= 0.3 is 5.97 Å². The van der Waals surface area contributed by atoms with Gasteiger partial charge in [-0.15, -0.1) is 0 Å². The summed E-state index contributed by atoms with van der Waals surface area (Å²) in [6.45, 7) is 3.94. The van der Waals surface area contributed by atoms with Crippen LogP contribution in [0, 0.1) is 0 Å². The summed E-state index contributed by atoms with van der Waals surface area (Å²) >= 11 is 0. The van der Waals surface area contributed by atoms with Crippen molar-refractivity contribution >= 4 is 22.9 Å². The standard InChI is InChI=1S/C17H19NO2/c1-3-14-16(11-6-4-5-7-11)13-9-8-12(17(19)20)10-15(13)18(14)2/h3,8-11H,1,4-7H2,2H3,(H,19,20). The highest BCUT2D eigenvalue weighted by molar-refractivity contribution is 5.96. The number of carboxylic acid groups (broad SMARTS) is 1. The molecule has 0 amide bonds. The molecule has 3 nitrogen and oxygen atoms in total. The largest absolute Gasteiger partial charge is 0.478 e. The van der Waals surface area contributed by atoms with E-state index in [2.05, 4.69) is 11.1 Å². The van der Waals surface area contributed by atoms with Gasteiger partial charge in [-0.2, -0.15) is 0 Å². The Hall–Kier alpha value is -2.03. The highest BCUT2D eigenvalue weighted by atomic mass is 16.4. The molecule has 1 aromatic carbocycles. The van der Waals surface area contributed by atoms with Crippen LogP contribution in [0.4, 0.5) is 0 Å². The number of aryl methyl sites for hydroxylation is 1. The first-order valence-electron chi connectivity index (χ1n) is 7.11. The number of hydrogen-bond acceptors (Lipinski definition) is 1. The second-order valence-electron chi connectivity index (χ2n) is 5.58. The molecule has 1 N–H and O–H groups in total. The van der Waals surface area contributed by atoms with E-state index in [0.717, 1.165) is 11.2 Å². The minimum atomic E-state index is -0.879. The Morgan fingerprint density at radius 1 is 1.40 bits per heavy atom. The Morgan fingerprint density at radius 2 is 2.10 bits per heavy atom. The second kappa shape index (κ2) is 4.82. The fourth-order valence-electron chi connectivity index (χ4n) is 3.51. The van der Waals surface area contributed by atoms with Gasteiger partial charge in [0, 0.05) is 23.6 Å². The van der Waals surface area contributed by atoms with Gasteiger partial charge in [0.25, 0.3) is 0 Å². The smallest absolute Gasteiger partial charge is 0.335 e. The van der Waals surface area contributed by atoms with Gasteiger partial charge in [-0.25, -0.2) is 4.79 Å². The zero-order valence-corrected chi connectivity index (χ0v) is 11.7. The Kier molecular flexibility index (Phi) is 3.13. The maximum absolute atomic E-state index is 11.1. The lowest BCUT2D eigenvalue weighted by atomic mass is 9.94. The molecule has 20 heavy (non-hydrogen) atoms. The van der Waals surface area contributed by atoms with Crippen LogP contribution in [0.25, 0.3) is 17.0 Å². The van der Waals surface area contributed by atoms with E-state index < -0.39 is 5.97 Å². The third-order valence-corrected chi connectivity index (χ3v) is 4.49. The third kappa shape index (κ3) is 1.85. The van der Waals surface area contributed by atoms with Crippen LogP contribution in [0.2, 0.25) is 0 Å². The highest BCUT2D eigenvalue weighted by Crippen LogP contribution is 2.41. The van der Waals surface area contributed by atoms with Crippen LogP contribution >= 0.6 is 0 Å². The Balaban J connectivity index is 2.27. The fourth-order valence-corrected chi connectivity index (χ4v) is 3.51. The van der Waals surface area contributed by atoms with E-state index in [1.54, 1.807) is 12.1 Å². The predicted molar refractivity (Wildman–Crippen MR) is 81.2 cm³/mol. The number of aromatic nitrogens is 1. The average Bonchev–Trinajstić information content (AvgIpc) is 3.04. The normalized spacial score (nSPS) is 15.8. The van der Waals surface area contributed by atoms with Gasteiger partial charge in [-0.3, -0.25) is 0 Å². The molecule has 0 unspecified atom stereocenters. The molecular weight excluding hydrogens is 250 g/mol. The number of carbonyl (C=O) groups is 1.